The molecule has 2 heterocycles. The molecule has 0 spiro atoms. The third kappa shape index (κ3) is 3.50. The Balaban J connectivity index is 1.40. The molecule has 1 aliphatic heterocycles. The van der Waals surface area contributed by atoms with Crippen molar-refractivity contribution < 1.29 is 4.79 Å². The van der Waals surface area contributed by atoms with Gasteiger partial charge in [0.1, 0.15) is 5.82 Å². The molecule has 29 heavy (non-hydrogen) atoms. The van der Waals surface area contributed by atoms with E-state index in [0.29, 0.717) is 0 Å². The molecule has 5 rings (SSSR count). The highest BCUT2D eigenvalue weighted by molar-refractivity contribution is 9.10. The van der Waals surface area contributed by atoms with Crippen LogP contribution in [0.25, 0.3) is 11.4 Å². The largest absolute Gasteiger partial charge is 0.325 e. The van der Waals surface area contributed by atoms with Crippen molar-refractivity contribution in [3.63, 3.8) is 0 Å². The molecule has 0 saturated heterocycles. The number of carbonyl (C=O) groups is 1. The number of hydrogen-bond acceptors (Lipinski definition) is 3. The summed E-state index contributed by atoms with van der Waals surface area (Å²) in [5.74, 6) is 2.03. The Hall–Kier alpha value is -2.47. The summed E-state index contributed by atoms with van der Waals surface area (Å²) in [5.41, 5.74) is 2.46. The van der Waals surface area contributed by atoms with Gasteiger partial charge in [0.15, 0.2) is 5.82 Å². The Bertz CT molecular complexity index is 1070. The minimum atomic E-state index is -0.411. The topological polar surface area (TPSA) is 59.8 Å². The van der Waals surface area contributed by atoms with Crippen molar-refractivity contribution in [1.29, 1.82) is 0 Å². The van der Waals surface area contributed by atoms with Gasteiger partial charge in [0.25, 0.3) is 0 Å². The Morgan fingerprint density at radius 3 is 2.72 bits per heavy atom. The summed E-state index contributed by atoms with van der Waals surface area (Å²) in [6, 6.07) is 16.0. The van der Waals surface area contributed by atoms with Gasteiger partial charge in [-0.15, -0.1) is 10.2 Å². The number of hydrogen-bond donors (Lipinski definition) is 1. The molecule has 2 aromatic carbocycles. The standard InChI is InChI=1S/C23H23BrN4O/c24-18-8-5-7-17(15-18)23(11-12-23)22(29)25-19-9-4-6-16(14-19)21-27-26-20-10-2-1-3-13-28(20)21/h4-9,14-15H,1-3,10-13H2,(H,25,29). The molecule has 0 atom stereocenters. The van der Waals surface area contributed by atoms with Crippen LogP contribution in [-0.2, 0) is 23.2 Å². The Labute approximate surface area is 178 Å². The van der Waals surface area contributed by atoms with E-state index >= 15 is 0 Å². The Morgan fingerprint density at radius 2 is 1.90 bits per heavy atom. The van der Waals surface area contributed by atoms with Gasteiger partial charge < -0.3 is 9.88 Å². The number of carbonyl (C=O) groups excluding carboxylic acids is 1. The van der Waals surface area contributed by atoms with Crippen molar-refractivity contribution in [3.8, 4) is 11.4 Å². The number of rotatable bonds is 4. The maximum Gasteiger partial charge on any atom is 0.235 e. The zero-order valence-electron chi connectivity index (χ0n) is 16.2. The van der Waals surface area contributed by atoms with Gasteiger partial charge in [-0.25, -0.2) is 0 Å². The Morgan fingerprint density at radius 1 is 1.03 bits per heavy atom. The number of halogens is 1. The zero-order valence-corrected chi connectivity index (χ0v) is 17.8. The molecule has 1 amide bonds. The second-order valence-electron chi connectivity index (χ2n) is 8.03. The van der Waals surface area contributed by atoms with Crippen LogP contribution in [0.2, 0.25) is 0 Å². The Kier molecular flexibility index (Phi) is 4.74. The first-order valence-electron chi connectivity index (χ1n) is 10.3. The quantitative estimate of drug-likeness (QED) is 0.600. The first-order valence-corrected chi connectivity index (χ1v) is 11.1. The summed E-state index contributed by atoms with van der Waals surface area (Å²) in [7, 11) is 0. The molecule has 3 aromatic rings. The van der Waals surface area contributed by atoms with Gasteiger partial charge in [-0.05, 0) is 55.5 Å². The molecule has 6 heteroatoms. The highest BCUT2D eigenvalue weighted by Crippen LogP contribution is 2.49. The number of fused-ring (bicyclic) bond motifs is 1. The minimum absolute atomic E-state index is 0.0628. The zero-order chi connectivity index (χ0) is 19.8. The lowest BCUT2D eigenvalue weighted by Gasteiger charge is -2.16. The van der Waals surface area contributed by atoms with Crippen LogP contribution in [-0.4, -0.2) is 20.7 Å². The SMILES string of the molecule is O=C(Nc1cccc(-c2nnc3n2CCCCC3)c1)C1(c2cccc(Br)c2)CC1. The predicted octanol–water partition coefficient (Wildman–Crippen LogP) is 5.10. The van der Waals surface area contributed by atoms with Crippen molar-refractivity contribution in [1.82, 2.24) is 14.8 Å². The summed E-state index contributed by atoms with van der Waals surface area (Å²) in [4.78, 5) is 13.1. The van der Waals surface area contributed by atoms with Crippen LogP contribution < -0.4 is 5.32 Å². The number of aryl methyl sites for hydroxylation is 1. The third-order valence-electron chi connectivity index (χ3n) is 6.05. The van der Waals surface area contributed by atoms with Gasteiger partial charge in [-0.3, -0.25) is 4.79 Å². The number of aromatic nitrogens is 3. The molecule has 1 saturated carbocycles. The van der Waals surface area contributed by atoms with Gasteiger partial charge in [0, 0.05) is 28.7 Å². The fourth-order valence-electron chi connectivity index (χ4n) is 4.24. The summed E-state index contributed by atoms with van der Waals surface area (Å²) >= 11 is 3.52. The fraction of sp³-hybridized carbons (Fsp3) is 0.348. The van der Waals surface area contributed by atoms with Crippen molar-refractivity contribution >= 4 is 27.5 Å². The van der Waals surface area contributed by atoms with Crippen LogP contribution in [0.4, 0.5) is 5.69 Å². The lowest BCUT2D eigenvalue weighted by molar-refractivity contribution is -0.118. The summed E-state index contributed by atoms with van der Waals surface area (Å²) < 4.78 is 3.24. The van der Waals surface area contributed by atoms with Gasteiger partial charge >= 0.3 is 0 Å². The van der Waals surface area contributed by atoms with Gasteiger partial charge in [-0.1, -0.05) is 46.6 Å². The highest BCUT2D eigenvalue weighted by atomic mass is 79.9. The molecule has 5 nitrogen and oxygen atoms in total. The second-order valence-corrected chi connectivity index (χ2v) is 8.95. The number of benzene rings is 2. The van der Waals surface area contributed by atoms with E-state index in [1.165, 1.54) is 12.8 Å². The molecule has 1 aromatic heterocycles. The van der Waals surface area contributed by atoms with E-state index in [9.17, 15) is 4.79 Å². The lowest BCUT2D eigenvalue weighted by atomic mass is 9.95. The third-order valence-corrected chi connectivity index (χ3v) is 6.54. The average molecular weight is 451 g/mol. The first kappa shape index (κ1) is 18.6. The number of nitrogens with zero attached hydrogens (tertiary/aromatic N) is 3. The van der Waals surface area contributed by atoms with Gasteiger partial charge in [0.2, 0.25) is 5.91 Å². The number of nitrogens with one attached hydrogen (secondary N) is 1. The molecule has 1 fully saturated rings. The average Bonchev–Trinajstić information content (AvgIpc) is 3.49. The number of anilines is 1. The second kappa shape index (κ2) is 7.41. The van der Waals surface area contributed by atoms with Crippen molar-refractivity contribution in [2.45, 2.75) is 50.5 Å². The summed E-state index contributed by atoms with van der Waals surface area (Å²) in [6.45, 7) is 0.959. The van der Waals surface area contributed by atoms with E-state index < -0.39 is 5.41 Å². The van der Waals surface area contributed by atoms with E-state index in [4.69, 9.17) is 0 Å². The normalized spacial score (nSPS) is 17.3. The van der Waals surface area contributed by atoms with Gasteiger partial charge in [0.05, 0.1) is 5.41 Å². The predicted molar refractivity (Wildman–Crippen MR) is 117 cm³/mol. The van der Waals surface area contributed by atoms with Crippen LogP contribution in [0.3, 0.4) is 0 Å². The van der Waals surface area contributed by atoms with Crippen LogP contribution in [0.5, 0.6) is 0 Å². The molecule has 148 valence electrons. The van der Waals surface area contributed by atoms with E-state index in [2.05, 4.69) is 42.1 Å². The lowest BCUT2D eigenvalue weighted by Crippen LogP contribution is -2.27. The van der Waals surface area contributed by atoms with E-state index in [1.807, 2.05) is 42.5 Å². The molecular weight excluding hydrogens is 428 g/mol. The van der Waals surface area contributed by atoms with E-state index in [-0.39, 0.29) is 5.91 Å². The van der Waals surface area contributed by atoms with Crippen LogP contribution in [0, 0.1) is 0 Å². The maximum absolute atomic E-state index is 13.1. The number of amides is 1. The maximum atomic E-state index is 13.1. The van der Waals surface area contributed by atoms with Crippen molar-refractivity contribution in [2.75, 3.05) is 5.32 Å². The first-order chi connectivity index (χ1) is 14.2. The fourth-order valence-corrected chi connectivity index (χ4v) is 4.64. The monoisotopic (exact) mass is 450 g/mol. The van der Waals surface area contributed by atoms with Crippen LogP contribution in [0.15, 0.2) is 53.0 Å². The van der Waals surface area contributed by atoms with Crippen LogP contribution in [0.1, 0.15) is 43.5 Å². The van der Waals surface area contributed by atoms with Crippen molar-refractivity contribution in [3.05, 3.63) is 64.4 Å². The van der Waals surface area contributed by atoms with Gasteiger partial charge in [-0.2, -0.15) is 0 Å². The summed E-state index contributed by atoms with van der Waals surface area (Å²) in [6.07, 6.45) is 6.31. The van der Waals surface area contributed by atoms with Crippen LogP contribution >= 0.6 is 15.9 Å². The van der Waals surface area contributed by atoms with Crippen molar-refractivity contribution in [2.24, 2.45) is 0 Å². The minimum Gasteiger partial charge on any atom is -0.325 e. The van der Waals surface area contributed by atoms with E-state index in [1.54, 1.807) is 0 Å². The molecule has 2 aliphatic rings. The smallest absolute Gasteiger partial charge is 0.235 e. The molecule has 1 aliphatic carbocycles. The molecule has 0 radical (unpaired) electrons. The molecule has 1 N–H and O–H groups in total. The molecule has 0 bridgehead atoms. The molecular formula is C23H23BrN4O. The van der Waals surface area contributed by atoms with E-state index in [0.717, 1.165) is 65.2 Å². The molecule has 0 unspecified atom stereocenters. The summed E-state index contributed by atoms with van der Waals surface area (Å²) in [5, 5.41) is 12.0. The highest BCUT2D eigenvalue weighted by Gasteiger charge is 2.51.